The number of carbonyl (C=O) groups is 1. The van der Waals surface area contributed by atoms with Crippen molar-refractivity contribution in [1.82, 2.24) is 0 Å². The second-order valence-electron chi connectivity index (χ2n) is 5.70. The van der Waals surface area contributed by atoms with Gasteiger partial charge in [0, 0.05) is 5.92 Å². The predicted octanol–water partition coefficient (Wildman–Crippen LogP) is 2.62. The minimum atomic E-state index is -0.471. The van der Waals surface area contributed by atoms with Gasteiger partial charge in [0.25, 0.3) is 0 Å². The Kier molecular flexibility index (Phi) is 6.01. The van der Waals surface area contributed by atoms with Crippen LogP contribution in [0, 0.1) is 17.3 Å². The van der Waals surface area contributed by atoms with Gasteiger partial charge in [-0.15, -0.1) is 0 Å². The topological polar surface area (TPSA) is 46.5 Å². The van der Waals surface area contributed by atoms with E-state index in [2.05, 4.69) is 0 Å². The second kappa shape index (κ2) is 6.24. The SMILES string of the molecule is CC[C@H](C)[C@H](O)[C@@H](C)COC(=O)C(C)(C)C. The first kappa shape index (κ1) is 15.4. The quantitative estimate of drug-likeness (QED) is 0.738. The molecule has 16 heavy (non-hydrogen) atoms. The van der Waals surface area contributed by atoms with Crippen molar-refractivity contribution in [1.29, 1.82) is 0 Å². The van der Waals surface area contributed by atoms with Gasteiger partial charge >= 0.3 is 5.97 Å². The highest BCUT2D eigenvalue weighted by Crippen LogP contribution is 2.19. The van der Waals surface area contributed by atoms with Gasteiger partial charge in [-0.3, -0.25) is 4.79 Å². The molecule has 3 atom stereocenters. The summed E-state index contributed by atoms with van der Waals surface area (Å²) in [5.74, 6) is 0.0142. The molecule has 0 aromatic rings. The van der Waals surface area contributed by atoms with Crippen molar-refractivity contribution in [2.75, 3.05) is 6.61 Å². The Bertz CT molecular complexity index is 218. The third-order valence-corrected chi connectivity index (χ3v) is 2.90. The van der Waals surface area contributed by atoms with E-state index in [4.69, 9.17) is 4.74 Å². The smallest absolute Gasteiger partial charge is 0.311 e. The fourth-order valence-electron chi connectivity index (χ4n) is 1.32. The zero-order valence-electron chi connectivity index (χ0n) is 11.4. The lowest BCUT2D eigenvalue weighted by atomic mass is 9.92. The molecule has 0 spiro atoms. The van der Waals surface area contributed by atoms with Crippen LogP contribution in [0.5, 0.6) is 0 Å². The summed E-state index contributed by atoms with van der Waals surface area (Å²) in [4.78, 5) is 11.5. The highest BCUT2D eigenvalue weighted by Gasteiger charge is 2.26. The molecule has 3 heteroatoms. The van der Waals surface area contributed by atoms with E-state index in [1.54, 1.807) is 0 Å². The number of ether oxygens (including phenoxy) is 1. The average molecular weight is 230 g/mol. The van der Waals surface area contributed by atoms with Crippen LogP contribution in [0.3, 0.4) is 0 Å². The van der Waals surface area contributed by atoms with Crippen molar-refractivity contribution in [2.45, 2.75) is 54.1 Å². The molecule has 0 aromatic heterocycles. The lowest BCUT2D eigenvalue weighted by molar-refractivity contribution is -0.155. The van der Waals surface area contributed by atoms with Crippen LogP contribution in [-0.2, 0) is 9.53 Å². The predicted molar refractivity (Wildman–Crippen MR) is 65.0 cm³/mol. The van der Waals surface area contributed by atoms with Crippen LogP contribution < -0.4 is 0 Å². The molecular weight excluding hydrogens is 204 g/mol. The van der Waals surface area contributed by atoms with Crippen LogP contribution in [0.2, 0.25) is 0 Å². The van der Waals surface area contributed by atoms with E-state index in [-0.39, 0.29) is 17.8 Å². The average Bonchev–Trinajstić information content (AvgIpc) is 2.21. The highest BCUT2D eigenvalue weighted by molar-refractivity contribution is 5.75. The summed E-state index contributed by atoms with van der Waals surface area (Å²) in [6.45, 7) is 11.7. The van der Waals surface area contributed by atoms with Gasteiger partial charge in [-0.05, 0) is 26.7 Å². The van der Waals surface area contributed by atoms with Crippen LogP contribution in [0.25, 0.3) is 0 Å². The maximum atomic E-state index is 11.5. The van der Waals surface area contributed by atoms with Gasteiger partial charge in [0.2, 0.25) is 0 Å². The van der Waals surface area contributed by atoms with Crippen LogP contribution >= 0.6 is 0 Å². The summed E-state index contributed by atoms with van der Waals surface area (Å²) in [7, 11) is 0. The molecule has 1 N–H and O–H groups in total. The number of aliphatic hydroxyl groups is 1. The summed E-state index contributed by atoms with van der Waals surface area (Å²) in [6, 6.07) is 0. The molecule has 0 amide bonds. The summed E-state index contributed by atoms with van der Waals surface area (Å²) in [5.41, 5.74) is -0.471. The van der Waals surface area contributed by atoms with Gasteiger partial charge in [0.05, 0.1) is 18.1 Å². The number of esters is 1. The molecule has 0 aliphatic rings. The first-order valence-electron chi connectivity index (χ1n) is 6.05. The maximum Gasteiger partial charge on any atom is 0.311 e. The molecular formula is C13H26O3. The zero-order chi connectivity index (χ0) is 12.9. The molecule has 0 fully saturated rings. The van der Waals surface area contributed by atoms with Crippen molar-refractivity contribution in [2.24, 2.45) is 17.3 Å². The zero-order valence-corrected chi connectivity index (χ0v) is 11.4. The van der Waals surface area contributed by atoms with Gasteiger partial charge in [-0.1, -0.05) is 27.2 Å². The number of hydrogen-bond acceptors (Lipinski definition) is 3. The second-order valence-corrected chi connectivity index (χ2v) is 5.70. The normalized spacial score (nSPS) is 17.7. The molecule has 0 saturated carbocycles. The Morgan fingerprint density at radius 2 is 1.75 bits per heavy atom. The van der Waals surface area contributed by atoms with E-state index in [0.29, 0.717) is 6.61 Å². The monoisotopic (exact) mass is 230 g/mol. The Morgan fingerprint density at radius 1 is 1.25 bits per heavy atom. The standard InChI is InChI=1S/C13H26O3/c1-7-9(2)11(14)10(3)8-16-12(15)13(4,5)6/h9-11,14H,7-8H2,1-6H3/t9-,10-,11-/m0/s1. The van der Waals surface area contributed by atoms with Gasteiger partial charge in [0.1, 0.15) is 0 Å². The summed E-state index contributed by atoms with van der Waals surface area (Å²) in [6.07, 6.45) is 0.524. The first-order chi connectivity index (χ1) is 7.20. The molecule has 0 radical (unpaired) electrons. The van der Waals surface area contributed by atoms with Crippen molar-refractivity contribution >= 4 is 5.97 Å². The summed E-state index contributed by atoms with van der Waals surface area (Å²) < 4.78 is 5.19. The highest BCUT2D eigenvalue weighted by atomic mass is 16.5. The molecule has 0 aliphatic carbocycles. The van der Waals surface area contributed by atoms with Crippen molar-refractivity contribution in [3.63, 3.8) is 0 Å². The molecule has 0 unspecified atom stereocenters. The van der Waals surface area contributed by atoms with Gasteiger partial charge in [0.15, 0.2) is 0 Å². The molecule has 0 heterocycles. The third kappa shape index (κ3) is 4.97. The van der Waals surface area contributed by atoms with E-state index in [9.17, 15) is 9.90 Å². The molecule has 3 nitrogen and oxygen atoms in total. The van der Waals surface area contributed by atoms with Gasteiger partial charge in [-0.2, -0.15) is 0 Å². The summed E-state index contributed by atoms with van der Waals surface area (Å²) >= 11 is 0. The van der Waals surface area contributed by atoms with Crippen LogP contribution in [0.1, 0.15) is 48.0 Å². The largest absolute Gasteiger partial charge is 0.465 e. The lowest BCUT2D eigenvalue weighted by Crippen LogP contribution is -2.31. The van der Waals surface area contributed by atoms with Crippen molar-refractivity contribution in [3.05, 3.63) is 0 Å². The van der Waals surface area contributed by atoms with E-state index in [1.165, 1.54) is 0 Å². The minimum Gasteiger partial charge on any atom is -0.465 e. The first-order valence-corrected chi connectivity index (χ1v) is 6.05. The van der Waals surface area contributed by atoms with Crippen LogP contribution in [-0.4, -0.2) is 23.8 Å². The Morgan fingerprint density at radius 3 is 2.12 bits per heavy atom. The van der Waals surface area contributed by atoms with E-state index < -0.39 is 11.5 Å². The maximum absolute atomic E-state index is 11.5. The van der Waals surface area contributed by atoms with E-state index >= 15 is 0 Å². The van der Waals surface area contributed by atoms with Gasteiger partial charge in [-0.25, -0.2) is 0 Å². The fraction of sp³-hybridized carbons (Fsp3) is 0.923. The minimum absolute atomic E-state index is 0.0127. The van der Waals surface area contributed by atoms with Crippen molar-refractivity contribution < 1.29 is 14.6 Å². The number of aliphatic hydroxyl groups excluding tert-OH is 1. The van der Waals surface area contributed by atoms with E-state index in [0.717, 1.165) is 6.42 Å². The van der Waals surface area contributed by atoms with Crippen LogP contribution in [0.4, 0.5) is 0 Å². The molecule has 0 saturated heterocycles. The van der Waals surface area contributed by atoms with E-state index in [1.807, 2.05) is 41.5 Å². The number of rotatable bonds is 5. The molecule has 0 aliphatic heterocycles. The summed E-state index contributed by atoms with van der Waals surface area (Å²) in [5, 5.41) is 9.91. The third-order valence-electron chi connectivity index (χ3n) is 2.90. The molecule has 96 valence electrons. The van der Waals surface area contributed by atoms with Crippen molar-refractivity contribution in [3.8, 4) is 0 Å². The van der Waals surface area contributed by atoms with Crippen LogP contribution in [0.15, 0.2) is 0 Å². The molecule has 0 aromatic carbocycles. The lowest BCUT2D eigenvalue weighted by Gasteiger charge is -2.25. The molecule has 0 rings (SSSR count). The molecule has 0 bridgehead atoms. The number of hydrogen-bond donors (Lipinski definition) is 1. The number of carbonyl (C=O) groups excluding carboxylic acids is 1. The Hall–Kier alpha value is -0.570. The fourth-order valence-corrected chi connectivity index (χ4v) is 1.32. The Labute approximate surface area is 99.2 Å². The van der Waals surface area contributed by atoms with Gasteiger partial charge < -0.3 is 9.84 Å². The Balaban J connectivity index is 4.08.